The number of rotatable bonds is 32. The number of unbranched alkanes of at least 4 members (excludes halogenated alkanes) is 17. The summed E-state index contributed by atoms with van der Waals surface area (Å²) < 4.78 is 32.4. The highest BCUT2D eigenvalue weighted by Crippen LogP contribution is 2.43. The Morgan fingerprint density at radius 2 is 1.14 bits per heavy atom. The van der Waals surface area contributed by atoms with Crippen LogP contribution in [0.2, 0.25) is 0 Å². The molecule has 2 atom stereocenters. The fourth-order valence-corrected chi connectivity index (χ4v) is 5.33. The Balaban J connectivity index is 4.24. The molecule has 0 heterocycles. The second-order valence-corrected chi connectivity index (χ2v) is 12.8. The second-order valence-electron chi connectivity index (χ2n) is 11.4. The van der Waals surface area contributed by atoms with Crippen LogP contribution in [0.4, 0.5) is 0 Å². The van der Waals surface area contributed by atoms with Crippen molar-refractivity contribution in [3.63, 3.8) is 0 Å². The quantitative estimate of drug-likeness (QED) is 0.0323. The summed E-state index contributed by atoms with van der Waals surface area (Å²) in [5.41, 5.74) is 5.31. The molecule has 0 aliphatic carbocycles. The topological polar surface area (TPSA) is 134 Å². The predicted molar refractivity (Wildman–Crippen MR) is 174 cm³/mol. The van der Waals surface area contributed by atoms with E-state index in [1.165, 1.54) is 70.6 Å². The molecule has 0 aliphatic heterocycles. The number of esters is 2. The molecule has 3 N–H and O–H groups in total. The molecule has 0 bridgehead atoms. The Hall–Kier alpha value is -1.25. The molecule has 0 amide bonds. The maximum atomic E-state index is 12.4. The van der Waals surface area contributed by atoms with Crippen LogP contribution in [0.15, 0.2) is 12.2 Å². The number of nitrogens with two attached hydrogens (primary N) is 1. The Morgan fingerprint density at radius 1 is 0.674 bits per heavy atom. The third kappa shape index (κ3) is 30.6. The van der Waals surface area contributed by atoms with Gasteiger partial charge in [0.2, 0.25) is 0 Å². The zero-order valence-corrected chi connectivity index (χ0v) is 28.3. The van der Waals surface area contributed by atoms with E-state index in [9.17, 15) is 19.0 Å². The maximum Gasteiger partial charge on any atom is 0.472 e. The third-order valence-electron chi connectivity index (χ3n) is 7.15. The van der Waals surface area contributed by atoms with Crippen LogP contribution in [0, 0.1) is 0 Å². The van der Waals surface area contributed by atoms with Gasteiger partial charge in [0, 0.05) is 19.4 Å². The summed E-state index contributed by atoms with van der Waals surface area (Å²) in [7, 11) is -4.36. The van der Waals surface area contributed by atoms with Crippen LogP contribution in [0.5, 0.6) is 0 Å². The van der Waals surface area contributed by atoms with Gasteiger partial charge in [-0.05, 0) is 38.5 Å². The highest BCUT2D eigenvalue weighted by atomic mass is 31.2. The van der Waals surface area contributed by atoms with Crippen LogP contribution in [-0.4, -0.2) is 49.3 Å². The molecule has 0 radical (unpaired) electrons. The summed E-state index contributed by atoms with van der Waals surface area (Å²) in [4.78, 5) is 34.4. The number of carbonyl (C=O) groups is 2. The number of phosphoric acid groups is 1. The van der Waals surface area contributed by atoms with Gasteiger partial charge >= 0.3 is 19.8 Å². The third-order valence-corrected chi connectivity index (χ3v) is 8.14. The van der Waals surface area contributed by atoms with E-state index in [1.54, 1.807) is 0 Å². The van der Waals surface area contributed by atoms with Gasteiger partial charge in [-0.25, -0.2) is 4.57 Å². The first-order valence-corrected chi connectivity index (χ1v) is 18.7. The molecule has 43 heavy (non-hydrogen) atoms. The number of phosphoric ester groups is 1. The number of hydrogen-bond donors (Lipinski definition) is 2. The fraction of sp³-hybridized carbons (Fsp3) is 0.879. The summed E-state index contributed by atoms with van der Waals surface area (Å²) in [5, 5.41) is 0. The van der Waals surface area contributed by atoms with Gasteiger partial charge in [0.15, 0.2) is 6.10 Å². The van der Waals surface area contributed by atoms with E-state index in [-0.39, 0.29) is 32.6 Å². The summed E-state index contributed by atoms with van der Waals surface area (Å²) >= 11 is 0. The van der Waals surface area contributed by atoms with Crippen molar-refractivity contribution in [2.75, 3.05) is 26.4 Å². The lowest BCUT2D eigenvalue weighted by molar-refractivity contribution is -0.161. The van der Waals surface area contributed by atoms with E-state index in [0.717, 1.165) is 51.4 Å². The Bertz CT molecular complexity index is 734. The lowest BCUT2D eigenvalue weighted by Crippen LogP contribution is -2.29. The zero-order chi connectivity index (χ0) is 31.9. The van der Waals surface area contributed by atoms with E-state index >= 15 is 0 Å². The van der Waals surface area contributed by atoms with E-state index in [0.29, 0.717) is 6.42 Å². The van der Waals surface area contributed by atoms with Crippen LogP contribution in [0.1, 0.15) is 155 Å². The van der Waals surface area contributed by atoms with Crippen molar-refractivity contribution in [1.82, 2.24) is 0 Å². The minimum absolute atomic E-state index is 0.0541. The molecule has 0 aliphatic rings. The Morgan fingerprint density at radius 3 is 1.65 bits per heavy atom. The van der Waals surface area contributed by atoms with Crippen molar-refractivity contribution in [3.8, 4) is 0 Å². The summed E-state index contributed by atoms with van der Waals surface area (Å²) in [6.45, 7) is 3.65. The summed E-state index contributed by atoms with van der Waals surface area (Å²) in [6.07, 6.45) is 26.9. The van der Waals surface area contributed by atoms with Crippen molar-refractivity contribution in [2.45, 2.75) is 161 Å². The summed E-state index contributed by atoms with van der Waals surface area (Å²) in [5.74, 6) is -0.844. The number of allylic oxidation sites excluding steroid dienone is 2. The van der Waals surface area contributed by atoms with E-state index in [4.69, 9.17) is 24.3 Å². The van der Waals surface area contributed by atoms with Gasteiger partial charge < -0.3 is 20.1 Å². The van der Waals surface area contributed by atoms with Gasteiger partial charge in [0.1, 0.15) is 6.61 Å². The first kappa shape index (κ1) is 41.8. The number of carbonyl (C=O) groups excluding carboxylic acids is 2. The molecule has 0 spiro atoms. The maximum absolute atomic E-state index is 12.4. The normalized spacial score (nSPS) is 13.7. The van der Waals surface area contributed by atoms with Crippen LogP contribution in [-0.2, 0) is 32.7 Å². The molecule has 0 saturated heterocycles. The lowest BCUT2D eigenvalue weighted by atomic mass is 10.1. The van der Waals surface area contributed by atoms with Gasteiger partial charge in [0.25, 0.3) is 0 Å². The fourth-order valence-electron chi connectivity index (χ4n) is 4.57. The Kier molecular flexibility index (Phi) is 29.9. The molecule has 254 valence electrons. The highest BCUT2D eigenvalue weighted by molar-refractivity contribution is 7.47. The molecular formula is C33H64NO8P. The van der Waals surface area contributed by atoms with Crippen molar-refractivity contribution < 1.29 is 37.6 Å². The van der Waals surface area contributed by atoms with Gasteiger partial charge in [-0.15, -0.1) is 0 Å². The van der Waals surface area contributed by atoms with Gasteiger partial charge in [-0.1, -0.05) is 116 Å². The van der Waals surface area contributed by atoms with Crippen LogP contribution < -0.4 is 5.73 Å². The van der Waals surface area contributed by atoms with E-state index in [1.807, 2.05) is 0 Å². The van der Waals surface area contributed by atoms with Crippen LogP contribution in [0.3, 0.4) is 0 Å². The molecular weight excluding hydrogens is 569 g/mol. The zero-order valence-electron chi connectivity index (χ0n) is 27.4. The predicted octanol–water partition coefficient (Wildman–Crippen LogP) is 8.71. The molecule has 2 unspecified atom stereocenters. The van der Waals surface area contributed by atoms with Gasteiger partial charge in [0.05, 0.1) is 13.2 Å². The van der Waals surface area contributed by atoms with Crippen molar-refractivity contribution in [3.05, 3.63) is 12.2 Å². The molecule has 0 rings (SSSR count). The highest BCUT2D eigenvalue weighted by Gasteiger charge is 2.25. The van der Waals surface area contributed by atoms with Crippen molar-refractivity contribution in [1.29, 1.82) is 0 Å². The van der Waals surface area contributed by atoms with E-state index in [2.05, 4.69) is 26.0 Å². The van der Waals surface area contributed by atoms with Crippen molar-refractivity contribution in [2.24, 2.45) is 5.73 Å². The van der Waals surface area contributed by atoms with Crippen LogP contribution in [0.25, 0.3) is 0 Å². The standard InChI is InChI=1S/C33H64NO8P/c1-3-5-7-9-11-12-13-14-15-16-17-18-20-22-24-26-33(36)42-31(30-41-43(37,38)40-28-27-34)29-39-32(35)25-23-21-19-10-8-6-4-2/h14-15,31H,3-13,16-30,34H2,1-2H3,(H,37,38)/b15-14-. The first-order valence-electron chi connectivity index (χ1n) is 17.2. The molecule has 0 saturated carbocycles. The molecule has 0 fully saturated rings. The molecule has 0 aromatic heterocycles. The second kappa shape index (κ2) is 30.8. The summed E-state index contributed by atoms with van der Waals surface area (Å²) in [6, 6.07) is 0. The molecule has 0 aromatic carbocycles. The monoisotopic (exact) mass is 633 g/mol. The van der Waals surface area contributed by atoms with Gasteiger partial charge in [-0.3, -0.25) is 18.6 Å². The Labute approximate surface area is 262 Å². The SMILES string of the molecule is CCCCCCCC/C=C\CCCCCCCC(=O)OC(COC(=O)CCCCCCCCC)COP(=O)(O)OCCN. The minimum Gasteiger partial charge on any atom is -0.462 e. The van der Waals surface area contributed by atoms with Gasteiger partial charge in [-0.2, -0.15) is 0 Å². The van der Waals surface area contributed by atoms with Crippen LogP contribution >= 0.6 is 7.82 Å². The lowest BCUT2D eigenvalue weighted by Gasteiger charge is -2.19. The number of hydrogen-bond acceptors (Lipinski definition) is 8. The molecule has 0 aromatic rings. The first-order chi connectivity index (χ1) is 20.8. The smallest absolute Gasteiger partial charge is 0.462 e. The number of ether oxygens (including phenoxy) is 2. The molecule has 9 nitrogen and oxygen atoms in total. The van der Waals surface area contributed by atoms with Crippen molar-refractivity contribution >= 4 is 19.8 Å². The minimum atomic E-state index is -4.36. The van der Waals surface area contributed by atoms with E-state index < -0.39 is 32.5 Å². The largest absolute Gasteiger partial charge is 0.472 e. The average molecular weight is 634 g/mol. The average Bonchev–Trinajstić information content (AvgIpc) is 2.99. The molecule has 10 heteroatoms.